The minimum Gasteiger partial charge on any atom is -0.393 e. The average Bonchev–Trinajstić information content (AvgIpc) is 2.47. The van der Waals surface area contributed by atoms with E-state index in [1.165, 1.54) is 23.3 Å². The molecule has 0 saturated carbocycles. The smallest absolute Gasteiger partial charge is 0.123 e. The average molecular weight is 286 g/mol. The summed E-state index contributed by atoms with van der Waals surface area (Å²) in [6.45, 7) is 0.689. The van der Waals surface area contributed by atoms with Gasteiger partial charge in [-0.1, -0.05) is 36.4 Å². The number of aliphatic hydroxyl groups excluding tert-OH is 1. The van der Waals surface area contributed by atoms with E-state index in [4.69, 9.17) is 4.74 Å². The minimum atomic E-state index is -0.539. The van der Waals surface area contributed by atoms with Crippen LogP contribution >= 0.6 is 0 Å². The summed E-state index contributed by atoms with van der Waals surface area (Å²) in [4.78, 5) is 0. The van der Waals surface area contributed by atoms with Gasteiger partial charge in [0.05, 0.1) is 18.8 Å². The first-order chi connectivity index (χ1) is 10.2. The third-order valence-corrected chi connectivity index (χ3v) is 3.94. The third kappa shape index (κ3) is 3.49. The molecule has 0 amide bonds. The van der Waals surface area contributed by atoms with Crippen LogP contribution in [0.5, 0.6) is 0 Å². The van der Waals surface area contributed by atoms with E-state index in [1.54, 1.807) is 6.07 Å². The number of rotatable bonds is 4. The van der Waals surface area contributed by atoms with Crippen LogP contribution in [0.1, 0.15) is 29.2 Å². The Morgan fingerprint density at radius 3 is 2.90 bits per heavy atom. The Kier molecular flexibility index (Phi) is 4.32. The summed E-state index contributed by atoms with van der Waals surface area (Å²) in [5.74, 6) is -0.265. The molecule has 2 unspecified atom stereocenters. The Morgan fingerprint density at radius 2 is 2.05 bits per heavy atom. The van der Waals surface area contributed by atoms with Crippen LogP contribution in [0.4, 0.5) is 4.39 Å². The molecule has 1 N–H and O–H groups in total. The lowest BCUT2D eigenvalue weighted by Crippen LogP contribution is -2.22. The van der Waals surface area contributed by atoms with Crippen LogP contribution < -0.4 is 0 Å². The van der Waals surface area contributed by atoms with Gasteiger partial charge in [-0.05, 0) is 41.7 Å². The first-order valence-electron chi connectivity index (χ1n) is 7.34. The van der Waals surface area contributed by atoms with Crippen LogP contribution in [-0.2, 0) is 17.6 Å². The van der Waals surface area contributed by atoms with Gasteiger partial charge in [-0.25, -0.2) is 4.39 Å². The predicted molar refractivity (Wildman–Crippen MR) is 79.6 cm³/mol. The van der Waals surface area contributed by atoms with Gasteiger partial charge in [-0.15, -0.1) is 0 Å². The van der Waals surface area contributed by atoms with Crippen molar-refractivity contribution in [3.8, 4) is 0 Å². The lowest BCUT2D eigenvalue weighted by Gasteiger charge is -2.27. The monoisotopic (exact) mass is 286 g/mol. The van der Waals surface area contributed by atoms with Gasteiger partial charge in [0.15, 0.2) is 0 Å². The molecule has 1 aliphatic heterocycles. The maximum absolute atomic E-state index is 13.2. The molecule has 2 aromatic rings. The van der Waals surface area contributed by atoms with Crippen molar-refractivity contribution in [1.82, 2.24) is 0 Å². The fourth-order valence-corrected chi connectivity index (χ4v) is 2.94. The quantitative estimate of drug-likeness (QED) is 0.933. The van der Waals surface area contributed by atoms with E-state index in [0.29, 0.717) is 19.4 Å². The summed E-state index contributed by atoms with van der Waals surface area (Å²) in [5.41, 5.74) is 3.28. The van der Waals surface area contributed by atoms with Gasteiger partial charge in [0.2, 0.25) is 0 Å². The van der Waals surface area contributed by atoms with Gasteiger partial charge in [-0.2, -0.15) is 0 Å². The van der Waals surface area contributed by atoms with Crippen molar-refractivity contribution in [2.45, 2.75) is 31.5 Å². The maximum Gasteiger partial charge on any atom is 0.123 e. The molecule has 0 radical (unpaired) electrons. The highest BCUT2D eigenvalue weighted by Crippen LogP contribution is 2.31. The highest BCUT2D eigenvalue weighted by molar-refractivity contribution is 5.31. The van der Waals surface area contributed by atoms with Crippen molar-refractivity contribution >= 4 is 0 Å². The Hall–Kier alpha value is -1.71. The maximum atomic E-state index is 13.2. The number of hydrogen-bond donors (Lipinski definition) is 1. The molecule has 0 saturated heterocycles. The van der Waals surface area contributed by atoms with E-state index >= 15 is 0 Å². The van der Waals surface area contributed by atoms with Crippen molar-refractivity contribution in [1.29, 1.82) is 0 Å². The molecule has 0 spiro atoms. The predicted octanol–water partition coefficient (Wildman–Crippen LogP) is 3.43. The van der Waals surface area contributed by atoms with E-state index in [1.807, 2.05) is 18.2 Å². The summed E-state index contributed by atoms with van der Waals surface area (Å²) in [5, 5.41) is 10.3. The van der Waals surface area contributed by atoms with Gasteiger partial charge < -0.3 is 9.84 Å². The van der Waals surface area contributed by atoms with Crippen molar-refractivity contribution in [3.05, 3.63) is 71.0 Å². The van der Waals surface area contributed by atoms with Crippen molar-refractivity contribution in [2.75, 3.05) is 6.61 Å². The number of benzene rings is 2. The van der Waals surface area contributed by atoms with E-state index in [0.717, 1.165) is 12.0 Å². The minimum absolute atomic E-state index is 0.0708. The number of hydrogen-bond acceptors (Lipinski definition) is 2. The number of aliphatic hydroxyl groups is 1. The molecule has 3 rings (SSSR count). The standard InChI is InChI=1S/C18H19FO2/c19-15-6-3-4-13(10-15)11-16(20)12-18-17-7-2-1-5-14(17)8-9-21-18/h1-7,10,16,18,20H,8-9,11-12H2. The molecule has 1 heterocycles. The van der Waals surface area contributed by atoms with Crippen LogP contribution in [0.15, 0.2) is 48.5 Å². The normalized spacial score (nSPS) is 19.0. The van der Waals surface area contributed by atoms with Crippen molar-refractivity contribution < 1.29 is 14.2 Å². The van der Waals surface area contributed by atoms with E-state index < -0.39 is 6.10 Å². The molecule has 0 fully saturated rings. The molecule has 3 heteroatoms. The molecule has 0 bridgehead atoms. The van der Waals surface area contributed by atoms with Crippen molar-refractivity contribution in [3.63, 3.8) is 0 Å². The second-order valence-electron chi connectivity index (χ2n) is 5.53. The number of ether oxygens (including phenoxy) is 1. The summed E-state index contributed by atoms with van der Waals surface area (Å²) >= 11 is 0. The molecule has 1 aliphatic rings. The highest BCUT2D eigenvalue weighted by Gasteiger charge is 2.23. The summed E-state index contributed by atoms with van der Waals surface area (Å²) < 4.78 is 19.0. The first kappa shape index (κ1) is 14.2. The van der Waals surface area contributed by atoms with Gasteiger partial charge in [-0.3, -0.25) is 0 Å². The Morgan fingerprint density at radius 1 is 1.19 bits per heavy atom. The van der Waals surface area contributed by atoms with Gasteiger partial charge in [0, 0.05) is 6.42 Å². The van der Waals surface area contributed by atoms with Crippen LogP contribution in [0.3, 0.4) is 0 Å². The molecule has 0 aliphatic carbocycles. The molecule has 0 aromatic heterocycles. The van der Waals surface area contributed by atoms with Gasteiger partial charge in [0.25, 0.3) is 0 Å². The van der Waals surface area contributed by atoms with Crippen molar-refractivity contribution in [2.24, 2.45) is 0 Å². The second-order valence-corrected chi connectivity index (χ2v) is 5.53. The zero-order valence-electron chi connectivity index (χ0n) is 11.8. The molecule has 110 valence electrons. The zero-order valence-corrected chi connectivity index (χ0v) is 11.8. The van der Waals surface area contributed by atoms with E-state index in [9.17, 15) is 9.50 Å². The van der Waals surface area contributed by atoms with E-state index in [2.05, 4.69) is 12.1 Å². The Bertz CT molecular complexity index is 612. The first-order valence-corrected chi connectivity index (χ1v) is 7.34. The second kappa shape index (κ2) is 6.37. The fraction of sp³-hybridized carbons (Fsp3) is 0.333. The van der Waals surface area contributed by atoms with Crippen LogP contribution in [0, 0.1) is 5.82 Å². The number of halogens is 1. The Balaban J connectivity index is 1.67. The topological polar surface area (TPSA) is 29.5 Å². The molecule has 2 aromatic carbocycles. The molecular weight excluding hydrogens is 267 g/mol. The number of fused-ring (bicyclic) bond motifs is 1. The van der Waals surface area contributed by atoms with Crippen LogP contribution in [0.2, 0.25) is 0 Å². The summed E-state index contributed by atoms with van der Waals surface area (Å²) in [6.07, 6.45) is 1.29. The zero-order chi connectivity index (χ0) is 14.7. The fourth-order valence-electron chi connectivity index (χ4n) is 2.94. The lowest BCUT2D eigenvalue weighted by atomic mass is 9.93. The molecule has 2 atom stereocenters. The third-order valence-electron chi connectivity index (χ3n) is 3.94. The van der Waals surface area contributed by atoms with E-state index in [-0.39, 0.29) is 11.9 Å². The summed E-state index contributed by atoms with van der Waals surface area (Å²) in [6, 6.07) is 14.6. The summed E-state index contributed by atoms with van der Waals surface area (Å²) in [7, 11) is 0. The Labute approximate surface area is 124 Å². The molecular formula is C18H19FO2. The van der Waals surface area contributed by atoms with Crippen LogP contribution in [-0.4, -0.2) is 17.8 Å². The highest BCUT2D eigenvalue weighted by atomic mass is 19.1. The van der Waals surface area contributed by atoms with Crippen LogP contribution in [0.25, 0.3) is 0 Å². The SMILES string of the molecule is OC(Cc1cccc(F)c1)CC1OCCc2ccccc21. The molecule has 21 heavy (non-hydrogen) atoms. The van der Waals surface area contributed by atoms with Gasteiger partial charge >= 0.3 is 0 Å². The molecule has 2 nitrogen and oxygen atoms in total. The largest absolute Gasteiger partial charge is 0.393 e. The van der Waals surface area contributed by atoms with Gasteiger partial charge in [0.1, 0.15) is 5.82 Å². The lowest BCUT2D eigenvalue weighted by molar-refractivity contribution is 0.00455.